The Hall–Kier alpha value is -4.73. The van der Waals surface area contributed by atoms with Crippen LogP contribution in [0.15, 0.2) is 36.4 Å². The molecule has 0 saturated carbocycles. The molecule has 55 heavy (non-hydrogen) atoms. The van der Waals surface area contributed by atoms with Crippen molar-refractivity contribution < 1.29 is 52.0 Å². The van der Waals surface area contributed by atoms with Crippen molar-refractivity contribution in [2.45, 2.75) is 72.5 Å². The molecule has 0 aliphatic carbocycles. The molecule has 1 aromatic heterocycles. The highest BCUT2D eigenvalue weighted by Crippen LogP contribution is 2.29. The van der Waals surface area contributed by atoms with Gasteiger partial charge in [0.25, 0.3) is 5.91 Å². The number of hydrogen-bond acceptors (Lipinski definition) is 14. The summed E-state index contributed by atoms with van der Waals surface area (Å²) in [6, 6.07) is 9.19. The Morgan fingerprint density at radius 1 is 0.909 bits per heavy atom. The van der Waals surface area contributed by atoms with E-state index in [-0.39, 0.29) is 50.4 Å². The highest BCUT2D eigenvalue weighted by atomic mass is 31.1. The molecule has 3 atom stereocenters. The van der Waals surface area contributed by atoms with Crippen LogP contribution in [0.4, 0.5) is 10.6 Å². The molecule has 3 heterocycles. The maximum absolute atomic E-state index is 14.1. The van der Waals surface area contributed by atoms with Crippen molar-refractivity contribution in [1.29, 1.82) is 0 Å². The van der Waals surface area contributed by atoms with E-state index in [1.165, 1.54) is 15.9 Å². The van der Waals surface area contributed by atoms with Gasteiger partial charge in [0, 0.05) is 58.0 Å². The zero-order valence-electron chi connectivity index (χ0n) is 32.3. The molecule has 0 radical (unpaired) electrons. The summed E-state index contributed by atoms with van der Waals surface area (Å²) in [4.78, 5) is 79.7. The molecule has 18 heteroatoms. The summed E-state index contributed by atoms with van der Waals surface area (Å²) >= 11 is 0. The van der Waals surface area contributed by atoms with Gasteiger partial charge < -0.3 is 39.0 Å². The third kappa shape index (κ3) is 12.7. The third-order valence-electron chi connectivity index (χ3n) is 8.86. The van der Waals surface area contributed by atoms with E-state index in [1.807, 2.05) is 42.2 Å². The topological polar surface area (TPSA) is 196 Å². The molecule has 1 unspecified atom stereocenters. The minimum Gasteiger partial charge on any atom is -0.449 e. The number of rotatable bonds is 17. The highest BCUT2D eigenvalue weighted by Gasteiger charge is 2.40. The summed E-state index contributed by atoms with van der Waals surface area (Å²) in [6.07, 6.45) is 1.27. The summed E-state index contributed by atoms with van der Waals surface area (Å²) in [6.45, 7) is 8.27. The fourth-order valence-corrected chi connectivity index (χ4v) is 6.43. The standard InChI is InChI=1S/C37H51N6O11P/c1-7-8-20-51-36(48)42-18-16-41(17-19-42)33(45)29(23-55(49)54-37(52-34(46)24(2)3)53-35(47)25(4)5)39-32(44)28-21-30(43-15-14-27(22-43)50-6)40-31(38-28)26-12-10-9-11-13-26/h9-13,21,24-25,27,29,37H,7-8,14-20,22-23H2,1-6H3/p+1/t27-,29-/m0/s1. The normalized spacial score (nSPS) is 16.6. The van der Waals surface area contributed by atoms with Gasteiger partial charge >= 0.3 is 32.5 Å². The molecule has 2 saturated heterocycles. The average molecular weight is 788 g/mol. The molecule has 2 aliphatic rings. The number of amides is 3. The summed E-state index contributed by atoms with van der Waals surface area (Å²) in [7, 11) is -1.27. The zero-order chi connectivity index (χ0) is 40.1. The first-order valence-corrected chi connectivity index (χ1v) is 19.9. The molecule has 300 valence electrons. The molecule has 2 aromatic rings. The quantitative estimate of drug-likeness (QED) is 0.105. The summed E-state index contributed by atoms with van der Waals surface area (Å²) in [5, 5.41) is 2.69. The van der Waals surface area contributed by atoms with Crippen LogP contribution < -0.4 is 10.2 Å². The largest absolute Gasteiger partial charge is 0.518 e. The van der Waals surface area contributed by atoms with E-state index in [9.17, 15) is 28.5 Å². The van der Waals surface area contributed by atoms with Gasteiger partial charge in [0.05, 0.1) is 24.5 Å². The van der Waals surface area contributed by atoms with Gasteiger partial charge in [0.2, 0.25) is 12.1 Å². The number of hydrogen-bond donors (Lipinski definition) is 1. The van der Waals surface area contributed by atoms with Crippen molar-refractivity contribution in [2.75, 3.05) is 64.0 Å². The molecule has 3 amide bonds. The van der Waals surface area contributed by atoms with Crippen molar-refractivity contribution in [3.8, 4) is 11.4 Å². The molecule has 2 aliphatic heterocycles. The maximum atomic E-state index is 14.1. The van der Waals surface area contributed by atoms with Gasteiger partial charge in [-0.15, -0.1) is 0 Å². The van der Waals surface area contributed by atoms with Crippen molar-refractivity contribution in [2.24, 2.45) is 11.8 Å². The van der Waals surface area contributed by atoms with Gasteiger partial charge in [0.1, 0.15) is 11.5 Å². The lowest BCUT2D eigenvalue weighted by Crippen LogP contribution is -2.56. The lowest BCUT2D eigenvalue weighted by Gasteiger charge is -2.35. The number of carbonyl (C=O) groups is 5. The number of nitrogens with one attached hydrogen (secondary N) is 1. The Morgan fingerprint density at radius 2 is 1.55 bits per heavy atom. The fraction of sp³-hybridized carbons (Fsp3) is 0.595. The molecule has 2 fully saturated rings. The van der Waals surface area contributed by atoms with Crippen molar-refractivity contribution in [3.05, 3.63) is 42.1 Å². The minimum atomic E-state index is -2.91. The first-order valence-electron chi connectivity index (χ1n) is 18.6. The van der Waals surface area contributed by atoms with Crippen LogP contribution in [0, 0.1) is 11.8 Å². The molecule has 0 bridgehead atoms. The number of unbranched alkanes of at least 4 members (excludes halogenated alkanes) is 1. The summed E-state index contributed by atoms with van der Waals surface area (Å²) in [5.74, 6) is -3.40. The molecule has 4 rings (SSSR count). The second kappa shape index (κ2) is 20.8. The smallest absolute Gasteiger partial charge is 0.449 e. The van der Waals surface area contributed by atoms with E-state index in [0.29, 0.717) is 24.5 Å². The first kappa shape index (κ1) is 43.0. The van der Waals surface area contributed by atoms with Gasteiger partial charge in [-0.3, -0.25) is 19.2 Å². The predicted octanol–water partition coefficient (Wildman–Crippen LogP) is 3.99. The number of carbonyl (C=O) groups excluding carboxylic acids is 5. The van der Waals surface area contributed by atoms with Crippen LogP contribution in [0.5, 0.6) is 0 Å². The molecular formula is C37H52N6O11P+. The maximum Gasteiger partial charge on any atom is 0.518 e. The number of ether oxygens (including phenoxy) is 4. The van der Waals surface area contributed by atoms with E-state index in [2.05, 4.69) is 10.3 Å². The van der Waals surface area contributed by atoms with Gasteiger partial charge in [-0.05, 0) is 17.4 Å². The zero-order valence-corrected chi connectivity index (χ0v) is 33.2. The van der Waals surface area contributed by atoms with Gasteiger partial charge in [-0.25, -0.2) is 14.8 Å². The lowest BCUT2D eigenvalue weighted by atomic mass is 10.2. The molecule has 0 spiro atoms. The number of anilines is 1. The third-order valence-corrected chi connectivity index (χ3v) is 9.93. The van der Waals surface area contributed by atoms with E-state index in [4.69, 9.17) is 28.5 Å². The number of methoxy groups -OCH3 is 1. The van der Waals surface area contributed by atoms with Crippen LogP contribution in [0.3, 0.4) is 0 Å². The minimum absolute atomic E-state index is 0.0205. The van der Waals surface area contributed by atoms with Crippen molar-refractivity contribution >= 4 is 43.7 Å². The van der Waals surface area contributed by atoms with E-state index in [0.717, 1.165) is 19.3 Å². The van der Waals surface area contributed by atoms with Gasteiger partial charge in [0.15, 0.2) is 11.9 Å². The molecule has 1 N–H and O–H groups in total. The Kier molecular flexibility index (Phi) is 16.3. The number of piperazine rings is 1. The van der Waals surface area contributed by atoms with Crippen LogP contribution in [0.25, 0.3) is 11.4 Å². The monoisotopic (exact) mass is 787 g/mol. The second-order valence-corrected chi connectivity index (χ2v) is 15.0. The lowest BCUT2D eigenvalue weighted by molar-refractivity contribution is -0.238. The van der Waals surface area contributed by atoms with Crippen molar-refractivity contribution in [3.63, 3.8) is 0 Å². The summed E-state index contributed by atoms with van der Waals surface area (Å²) in [5.41, 5.74) is 0.613. The van der Waals surface area contributed by atoms with Gasteiger partial charge in [-0.1, -0.05) is 75.9 Å². The Morgan fingerprint density at radius 3 is 2.13 bits per heavy atom. The van der Waals surface area contributed by atoms with E-state index >= 15 is 0 Å². The number of aromatic nitrogens is 2. The fourth-order valence-electron chi connectivity index (χ4n) is 5.52. The molecule has 17 nitrogen and oxygen atoms in total. The SMILES string of the molecule is CCCCOC(=O)N1CCN(C(=O)[C@H](C[P+](=O)OC(OC(=O)C(C)C)OC(=O)C(C)C)NC(=O)c2cc(N3CC[C@H](OC)C3)nc(-c3ccccc3)n2)CC1. The van der Waals surface area contributed by atoms with Gasteiger partial charge in [-0.2, -0.15) is 0 Å². The number of nitrogens with zero attached hydrogens (tertiary/aromatic N) is 5. The van der Waals surface area contributed by atoms with Crippen LogP contribution in [-0.4, -0.2) is 127 Å². The molecular weight excluding hydrogens is 735 g/mol. The first-order chi connectivity index (χ1) is 26.3. The highest BCUT2D eigenvalue weighted by molar-refractivity contribution is 7.39. The van der Waals surface area contributed by atoms with Crippen LogP contribution in [0.1, 0.15) is 64.4 Å². The Balaban J connectivity index is 1.60. The Bertz CT molecular complexity index is 1630. The van der Waals surface area contributed by atoms with E-state index in [1.54, 1.807) is 34.8 Å². The average Bonchev–Trinajstić information content (AvgIpc) is 3.67. The number of benzene rings is 1. The van der Waals surface area contributed by atoms with Crippen LogP contribution >= 0.6 is 8.03 Å². The van der Waals surface area contributed by atoms with Crippen molar-refractivity contribution in [1.82, 2.24) is 25.1 Å². The second-order valence-electron chi connectivity index (χ2n) is 13.8. The van der Waals surface area contributed by atoms with E-state index < -0.39 is 68.4 Å². The Labute approximate surface area is 322 Å². The molecule has 1 aromatic carbocycles. The number of esters is 2. The van der Waals surface area contributed by atoms with Crippen LogP contribution in [0.2, 0.25) is 0 Å². The summed E-state index contributed by atoms with van der Waals surface area (Å²) < 4.78 is 40.2. The predicted molar refractivity (Wildman–Crippen MR) is 200 cm³/mol. The van der Waals surface area contributed by atoms with Crippen LogP contribution in [-0.2, 0) is 42.4 Å².